The van der Waals surface area contributed by atoms with Crippen molar-refractivity contribution in [2.45, 2.75) is 31.8 Å². The summed E-state index contributed by atoms with van der Waals surface area (Å²) in [7, 11) is -2.05. The number of carbonyl (C=O) groups excluding carboxylic acids is 1. The number of hydrogen-bond acceptors (Lipinski definition) is 4. The number of carbonyl (C=O) groups is 1. The van der Waals surface area contributed by atoms with Gasteiger partial charge in [-0.3, -0.25) is 4.79 Å². The molecule has 0 aromatic rings. The van der Waals surface area contributed by atoms with Crippen LogP contribution in [0.25, 0.3) is 0 Å². The Hall–Kier alpha value is -0.620. The van der Waals surface area contributed by atoms with Crippen LogP contribution in [0.1, 0.15) is 19.8 Å². The molecular weight excluding hydrogens is 206 g/mol. The number of hydrogen-bond donors (Lipinski definition) is 0. The highest BCUT2D eigenvalue weighted by molar-refractivity contribution is 7.88. The van der Waals surface area contributed by atoms with Crippen LogP contribution in [-0.2, 0) is 19.6 Å². The summed E-state index contributed by atoms with van der Waals surface area (Å²) in [6.07, 6.45) is 2.36. The first-order chi connectivity index (χ1) is 6.38. The number of ether oxygens (including phenoxy) is 1. The van der Waals surface area contributed by atoms with E-state index in [0.29, 0.717) is 12.8 Å². The van der Waals surface area contributed by atoms with Gasteiger partial charge < -0.3 is 4.74 Å². The zero-order chi connectivity index (χ0) is 10.9. The van der Waals surface area contributed by atoms with Gasteiger partial charge in [0.2, 0.25) is 10.0 Å². The molecule has 1 aliphatic rings. The molecule has 0 radical (unpaired) electrons. The van der Waals surface area contributed by atoms with Gasteiger partial charge in [-0.1, -0.05) is 0 Å². The molecule has 0 spiro atoms. The van der Waals surface area contributed by atoms with E-state index in [9.17, 15) is 13.2 Å². The van der Waals surface area contributed by atoms with Crippen LogP contribution in [0.2, 0.25) is 0 Å². The van der Waals surface area contributed by atoms with Gasteiger partial charge in [0.15, 0.2) is 0 Å². The maximum atomic E-state index is 11.4. The molecule has 0 aromatic carbocycles. The summed E-state index contributed by atoms with van der Waals surface area (Å²) in [6, 6.07) is -0.751. The second-order valence-electron chi connectivity index (χ2n) is 3.56. The minimum absolute atomic E-state index is 0.117. The third kappa shape index (κ3) is 2.06. The number of rotatable bonds is 2. The number of nitrogens with zero attached hydrogens (tertiary/aromatic N) is 1. The fraction of sp³-hybridized carbons (Fsp3) is 0.875. The lowest BCUT2D eigenvalue weighted by atomic mass is 10.2. The van der Waals surface area contributed by atoms with Crippen molar-refractivity contribution < 1.29 is 17.9 Å². The van der Waals surface area contributed by atoms with Crippen LogP contribution in [0.15, 0.2) is 0 Å². The fourth-order valence-electron chi connectivity index (χ4n) is 1.88. The summed E-state index contributed by atoms with van der Waals surface area (Å²) in [5.74, 6) is -0.472. The Balaban J connectivity index is 2.94. The molecule has 1 fully saturated rings. The van der Waals surface area contributed by atoms with Crippen LogP contribution >= 0.6 is 0 Å². The lowest BCUT2D eigenvalue weighted by molar-refractivity contribution is -0.144. The van der Waals surface area contributed by atoms with Crippen molar-refractivity contribution in [3.05, 3.63) is 0 Å². The van der Waals surface area contributed by atoms with E-state index in [-0.39, 0.29) is 6.04 Å². The lowest BCUT2D eigenvalue weighted by Gasteiger charge is -2.23. The molecule has 0 amide bonds. The van der Waals surface area contributed by atoms with Crippen molar-refractivity contribution in [3.63, 3.8) is 0 Å². The van der Waals surface area contributed by atoms with Crippen LogP contribution in [0.4, 0.5) is 0 Å². The quantitative estimate of drug-likeness (QED) is 0.614. The predicted molar refractivity (Wildman–Crippen MR) is 51.2 cm³/mol. The third-order valence-electron chi connectivity index (χ3n) is 2.46. The normalized spacial score (nSPS) is 29.1. The average molecular weight is 221 g/mol. The van der Waals surface area contributed by atoms with Gasteiger partial charge in [0.05, 0.1) is 13.4 Å². The molecule has 6 heteroatoms. The van der Waals surface area contributed by atoms with Crippen molar-refractivity contribution >= 4 is 16.0 Å². The molecule has 5 nitrogen and oxygen atoms in total. The monoisotopic (exact) mass is 221 g/mol. The molecule has 2 atom stereocenters. The summed E-state index contributed by atoms with van der Waals surface area (Å²) >= 11 is 0. The Morgan fingerprint density at radius 3 is 2.43 bits per heavy atom. The molecular formula is C8H15NO4S. The Morgan fingerprint density at radius 1 is 1.43 bits per heavy atom. The second kappa shape index (κ2) is 3.86. The molecule has 1 saturated heterocycles. The van der Waals surface area contributed by atoms with Gasteiger partial charge in [0.1, 0.15) is 6.04 Å². The van der Waals surface area contributed by atoms with Crippen molar-refractivity contribution in [2.24, 2.45) is 0 Å². The highest BCUT2D eigenvalue weighted by Gasteiger charge is 2.41. The van der Waals surface area contributed by atoms with Crippen molar-refractivity contribution in [1.82, 2.24) is 4.31 Å². The first kappa shape index (κ1) is 11.5. The summed E-state index contributed by atoms with van der Waals surface area (Å²) in [6.45, 7) is 1.80. The van der Waals surface area contributed by atoms with E-state index in [1.165, 1.54) is 11.4 Å². The molecule has 0 bridgehead atoms. The van der Waals surface area contributed by atoms with Crippen LogP contribution < -0.4 is 0 Å². The van der Waals surface area contributed by atoms with E-state index in [1.807, 2.05) is 0 Å². The highest BCUT2D eigenvalue weighted by Crippen LogP contribution is 2.27. The van der Waals surface area contributed by atoms with Crippen LogP contribution in [0.3, 0.4) is 0 Å². The van der Waals surface area contributed by atoms with Gasteiger partial charge in [0, 0.05) is 6.04 Å². The zero-order valence-corrected chi connectivity index (χ0v) is 9.37. The molecule has 0 aliphatic carbocycles. The molecule has 0 N–H and O–H groups in total. The molecule has 0 aromatic heterocycles. The van der Waals surface area contributed by atoms with Crippen LogP contribution in [0.5, 0.6) is 0 Å². The average Bonchev–Trinajstić information content (AvgIpc) is 2.44. The predicted octanol–water partition coefficient (Wildman–Crippen LogP) is -0.0281. The van der Waals surface area contributed by atoms with Gasteiger partial charge in [-0.25, -0.2) is 8.42 Å². The van der Waals surface area contributed by atoms with E-state index in [0.717, 1.165) is 6.26 Å². The molecule has 0 saturated carbocycles. The lowest BCUT2D eigenvalue weighted by Crippen LogP contribution is -2.43. The van der Waals surface area contributed by atoms with Crippen molar-refractivity contribution in [2.75, 3.05) is 13.4 Å². The molecule has 1 heterocycles. The third-order valence-corrected chi connectivity index (χ3v) is 3.84. The standard InChI is InChI=1S/C8H15NO4S/c1-6-4-5-7(8(10)13-2)9(6)14(3,11)12/h6-7H,4-5H2,1-3H3/t6-,7-/m1/s1. The topological polar surface area (TPSA) is 63.7 Å². The first-order valence-electron chi connectivity index (χ1n) is 4.44. The van der Waals surface area contributed by atoms with Gasteiger partial charge in [-0.15, -0.1) is 0 Å². The Bertz CT molecular complexity index is 324. The van der Waals surface area contributed by atoms with E-state index in [4.69, 9.17) is 0 Å². The number of sulfonamides is 1. The molecule has 14 heavy (non-hydrogen) atoms. The molecule has 1 aliphatic heterocycles. The highest BCUT2D eigenvalue weighted by atomic mass is 32.2. The van der Waals surface area contributed by atoms with Gasteiger partial charge in [-0.2, -0.15) is 4.31 Å². The minimum Gasteiger partial charge on any atom is -0.468 e. The van der Waals surface area contributed by atoms with Gasteiger partial charge in [0.25, 0.3) is 0 Å². The second-order valence-corrected chi connectivity index (χ2v) is 5.45. The van der Waals surface area contributed by atoms with Crippen molar-refractivity contribution in [1.29, 1.82) is 0 Å². The summed E-state index contributed by atoms with van der Waals surface area (Å²) in [5, 5.41) is 0. The smallest absolute Gasteiger partial charge is 0.324 e. The van der Waals surface area contributed by atoms with Gasteiger partial charge >= 0.3 is 5.97 Å². The zero-order valence-electron chi connectivity index (χ0n) is 8.56. The van der Waals surface area contributed by atoms with E-state index in [1.54, 1.807) is 6.92 Å². The van der Waals surface area contributed by atoms with Crippen molar-refractivity contribution in [3.8, 4) is 0 Å². The summed E-state index contributed by atoms with van der Waals surface area (Å²) in [4.78, 5) is 11.3. The largest absolute Gasteiger partial charge is 0.468 e. The van der Waals surface area contributed by atoms with E-state index < -0.39 is 22.0 Å². The fourth-order valence-corrected chi connectivity index (χ4v) is 3.29. The SMILES string of the molecule is COC(=O)[C@H]1CC[C@@H](C)N1S(C)(=O)=O. The van der Waals surface area contributed by atoms with Crippen LogP contribution in [-0.4, -0.2) is 44.1 Å². The first-order valence-corrected chi connectivity index (χ1v) is 6.29. The molecule has 1 rings (SSSR count). The maximum absolute atomic E-state index is 11.4. The Morgan fingerprint density at radius 2 is 2.00 bits per heavy atom. The minimum atomic E-state index is -3.32. The molecule has 0 unspecified atom stereocenters. The van der Waals surface area contributed by atoms with E-state index in [2.05, 4.69) is 4.74 Å². The number of methoxy groups -OCH3 is 1. The molecule has 82 valence electrons. The summed E-state index contributed by atoms with van der Waals surface area (Å²) < 4.78 is 28.6. The maximum Gasteiger partial charge on any atom is 0.324 e. The number of esters is 1. The van der Waals surface area contributed by atoms with E-state index >= 15 is 0 Å². The summed E-state index contributed by atoms with van der Waals surface area (Å²) in [5.41, 5.74) is 0. The Labute approximate surface area is 84.1 Å². The Kier molecular flexibility index (Phi) is 3.16. The van der Waals surface area contributed by atoms with Crippen LogP contribution in [0, 0.1) is 0 Å². The van der Waals surface area contributed by atoms with Gasteiger partial charge in [-0.05, 0) is 19.8 Å².